The average Bonchev–Trinajstić information content (AvgIpc) is 3.08. The van der Waals surface area contributed by atoms with Gasteiger partial charge in [0, 0.05) is 33.0 Å². The Morgan fingerprint density at radius 1 is 0.360 bits per heavy atom. The summed E-state index contributed by atoms with van der Waals surface area (Å²) in [6.45, 7) is 0. The first-order valence-electron chi connectivity index (χ1n) is 14.9. The van der Waals surface area contributed by atoms with E-state index in [9.17, 15) is 45.1 Å². The van der Waals surface area contributed by atoms with Crippen LogP contribution in [0.25, 0.3) is 43.1 Å². The topological polar surface area (TPSA) is 189 Å². The maximum Gasteiger partial charge on any atom is 0.265 e. The minimum Gasteiger partial charge on any atom is -0.744 e. The monoisotopic (exact) mass is 700 g/mol. The summed E-state index contributed by atoms with van der Waals surface area (Å²) in [6, 6.07) is 22.3. The number of anilines is 2. The Balaban J connectivity index is 1.23. The van der Waals surface area contributed by atoms with Crippen LogP contribution in [0.2, 0.25) is 0 Å². The molecular formula is C36H16N2O10S2-2. The molecule has 0 bridgehead atoms. The second kappa shape index (κ2) is 9.77. The quantitative estimate of drug-likeness (QED) is 0.103. The molecule has 0 spiro atoms. The Labute approximate surface area is 281 Å². The fourth-order valence-corrected chi connectivity index (χ4v) is 8.20. The summed E-state index contributed by atoms with van der Waals surface area (Å²) in [5, 5.41) is 4.80. The summed E-state index contributed by atoms with van der Waals surface area (Å²) in [7, 11) is -9.48. The largest absolute Gasteiger partial charge is 0.744 e. The summed E-state index contributed by atoms with van der Waals surface area (Å²) in [5.41, 5.74) is 1.09. The minimum absolute atomic E-state index is 0.0887. The van der Waals surface area contributed by atoms with Crippen molar-refractivity contribution in [1.29, 1.82) is 0 Å². The number of hydrogen-bond donors (Lipinski definition) is 0. The highest BCUT2D eigenvalue weighted by atomic mass is 32.2. The van der Waals surface area contributed by atoms with Gasteiger partial charge in [-0.25, -0.2) is 26.6 Å². The van der Waals surface area contributed by atoms with Crippen molar-refractivity contribution < 1.29 is 45.1 Å². The minimum atomic E-state index is -4.74. The Bertz CT molecular complexity index is 2670. The van der Waals surface area contributed by atoms with Crippen molar-refractivity contribution in [3.05, 3.63) is 119 Å². The van der Waals surface area contributed by atoms with E-state index in [1.807, 2.05) is 0 Å². The molecule has 9 rings (SSSR count). The van der Waals surface area contributed by atoms with Gasteiger partial charge in [-0.15, -0.1) is 0 Å². The summed E-state index contributed by atoms with van der Waals surface area (Å²) < 4.78 is 68.6. The molecule has 0 N–H and O–H groups in total. The molecule has 7 aromatic carbocycles. The van der Waals surface area contributed by atoms with Gasteiger partial charge in [-0.05, 0) is 105 Å². The van der Waals surface area contributed by atoms with Crippen LogP contribution in [0.5, 0.6) is 0 Å². The molecule has 12 nitrogen and oxygen atoms in total. The van der Waals surface area contributed by atoms with Crippen molar-refractivity contribution in [2.45, 2.75) is 9.79 Å². The molecule has 7 aromatic rings. The lowest BCUT2D eigenvalue weighted by Crippen LogP contribution is -2.40. The van der Waals surface area contributed by atoms with E-state index in [-0.39, 0.29) is 33.6 Å². The van der Waals surface area contributed by atoms with Crippen LogP contribution < -0.4 is 9.80 Å². The van der Waals surface area contributed by atoms with E-state index in [0.29, 0.717) is 43.1 Å². The van der Waals surface area contributed by atoms with Gasteiger partial charge >= 0.3 is 0 Å². The zero-order chi connectivity index (χ0) is 35.0. The third kappa shape index (κ3) is 3.92. The normalized spacial score (nSPS) is 15.0. The molecule has 14 heteroatoms. The lowest BCUT2D eigenvalue weighted by molar-refractivity contribution is 0.0877. The molecule has 2 aliphatic heterocycles. The van der Waals surface area contributed by atoms with Crippen molar-refractivity contribution in [2.75, 3.05) is 9.80 Å². The molecule has 0 aromatic heterocycles. The molecule has 2 aliphatic rings. The lowest BCUT2D eigenvalue weighted by Gasteiger charge is -2.30. The van der Waals surface area contributed by atoms with Gasteiger partial charge < -0.3 is 9.11 Å². The maximum absolute atomic E-state index is 13.9. The number of fused-ring (bicyclic) bond motifs is 2. The van der Waals surface area contributed by atoms with Crippen molar-refractivity contribution in [3.8, 4) is 0 Å². The predicted molar refractivity (Wildman–Crippen MR) is 179 cm³/mol. The second-order valence-corrected chi connectivity index (χ2v) is 14.7. The highest BCUT2D eigenvalue weighted by Crippen LogP contribution is 2.47. The number of rotatable bonds is 4. The van der Waals surface area contributed by atoms with Crippen LogP contribution >= 0.6 is 0 Å². The summed E-state index contributed by atoms with van der Waals surface area (Å²) in [5.74, 6) is -2.57. The zero-order valence-corrected chi connectivity index (χ0v) is 26.7. The zero-order valence-electron chi connectivity index (χ0n) is 25.0. The van der Waals surface area contributed by atoms with Crippen LogP contribution in [0.4, 0.5) is 11.4 Å². The van der Waals surface area contributed by atoms with Crippen molar-refractivity contribution in [3.63, 3.8) is 0 Å². The smallest absolute Gasteiger partial charge is 0.265 e. The molecule has 244 valence electrons. The van der Waals surface area contributed by atoms with Crippen LogP contribution in [0.1, 0.15) is 41.4 Å². The van der Waals surface area contributed by atoms with Crippen molar-refractivity contribution in [1.82, 2.24) is 0 Å². The third-order valence-electron chi connectivity index (χ3n) is 9.40. The molecule has 0 saturated carbocycles. The predicted octanol–water partition coefficient (Wildman–Crippen LogP) is 5.15. The van der Waals surface area contributed by atoms with E-state index in [0.717, 1.165) is 34.1 Å². The van der Waals surface area contributed by atoms with Crippen molar-refractivity contribution >= 4 is 98.3 Å². The molecule has 0 unspecified atom stereocenters. The Morgan fingerprint density at radius 3 is 0.860 bits per heavy atom. The first-order chi connectivity index (χ1) is 23.8. The second-order valence-electron chi connectivity index (χ2n) is 11.9. The van der Waals surface area contributed by atoms with E-state index in [2.05, 4.69) is 0 Å². The van der Waals surface area contributed by atoms with Crippen LogP contribution in [-0.4, -0.2) is 49.6 Å². The van der Waals surface area contributed by atoms with E-state index in [4.69, 9.17) is 0 Å². The molecule has 0 radical (unpaired) electrons. The van der Waals surface area contributed by atoms with Crippen LogP contribution in [0, 0.1) is 0 Å². The van der Waals surface area contributed by atoms with Gasteiger partial charge in [0.15, 0.2) is 0 Å². The Kier molecular flexibility index (Phi) is 5.87. The molecule has 0 saturated heterocycles. The molecule has 0 aliphatic carbocycles. The number of imide groups is 2. The summed E-state index contributed by atoms with van der Waals surface area (Å²) in [4.78, 5) is 56.4. The average molecular weight is 701 g/mol. The van der Waals surface area contributed by atoms with Gasteiger partial charge in [-0.2, -0.15) is 0 Å². The molecule has 2 heterocycles. The number of amides is 4. The molecule has 0 fully saturated rings. The SMILES string of the molecule is O=C1c2ccc3c4ccc5c6c(ccc(c7ccc(c2c37)C(=O)N1c1ccc(S(=O)(=O)[O-])cc1)c64)C(=O)N(c1ccc(S(=O)(=O)[O-])cc1)C5=O. The van der Waals surface area contributed by atoms with Gasteiger partial charge in [0.05, 0.1) is 21.2 Å². The first kappa shape index (κ1) is 30.0. The fraction of sp³-hybridized carbons (Fsp3) is 0. The highest BCUT2D eigenvalue weighted by Gasteiger charge is 2.38. The first-order valence-corrected chi connectivity index (χ1v) is 17.7. The van der Waals surface area contributed by atoms with Crippen LogP contribution in [0.15, 0.2) is 107 Å². The third-order valence-corrected chi connectivity index (χ3v) is 11.1. The number of nitrogens with zero attached hydrogens (tertiary/aromatic N) is 2. The number of carbonyl (C=O) groups is 4. The Hall–Kier alpha value is -6.06. The molecule has 0 atom stereocenters. The van der Waals surface area contributed by atoms with E-state index < -0.39 is 53.7 Å². The van der Waals surface area contributed by atoms with Crippen molar-refractivity contribution in [2.24, 2.45) is 0 Å². The van der Waals surface area contributed by atoms with E-state index in [1.54, 1.807) is 48.5 Å². The molecule has 4 amide bonds. The highest BCUT2D eigenvalue weighted by molar-refractivity contribution is 7.86. The molecular weight excluding hydrogens is 685 g/mol. The number of benzene rings is 7. The van der Waals surface area contributed by atoms with E-state index in [1.165, 1.54) is 24.3 Å². The summed E-state index contributed by atoms with van der Waals surface area (Å²) in [6.07, 6.45) is 0. The Morgan fingerprint density at radius 2 is 0.620 bits per heavy atom. The fourth-order valence-electron chi connectivity index (χ4n) is 7.26. The number of hydrogen-bond acceptors (Lipinski definition) is 10. The van der Waals surface area contributed by atoms with Gasteiger partial charge in [0.2, 0.25) is 0 Å². The van der Waals surface area contributed by atoms with Gasteiger partial charge in [0.1, 0.15) is 20.2 Å². The van der Waals surface area contributed by atoms with Gasteiger partial charge in [-0.3, -0.25) is 19.2 Å². The van der Waals surface area contributed by atoms with Gasteiger partial charge in [0.25, 0.3) is 23.6 Å². The standard InChI is InChI=1S/C36H18N2O10S2/c39-33-25-13-9-21-23-11-15-27-32-28(36(42)38(35(27)41)18-3-7-20(8-4-18)50(46,47)48)16-12-24(30(23)32)22-10-14-26(31(25)29(21)22)34(40)37(33)17-1-5-19(6-2-17)49(43,44)45/h1-16H,(H,43,44,45)(H,46,47,48)/p-2. The van der Waals surface area contributed by atoms with Crippen LogP contribution in [-0.2, 0) is 20.2 Å². The molecule has 50 heavy (non-hydrogen) atoms. The summed E-state index contributed by atoms with van der Waals surface area (Å²) >= 11 is 0. The van der Waals surface area contributed by atoms with Crippen LogP contribution in [0.3, 0.4) is 0 Å². The van der Waals surface area contributed by atoms with Gasteiger partial charge in [-0.1, -0.05) is 24.3 Å². The van der Waals surface area contributed by atoms with E-state index >= 15 is 0 Å². The number of carbonyl (C=O) groups excluding carboxylic acids is 4. The maximum atomic E-state index is 13.9. The lowest BCUT2D eigenvalue weighted by atomic mass is 9.82.